The Balaban J connectivity index is 5.35. The summed E-state index contributed by atoms with van der Waals surface area (Å²) in [5, 5.41) is 1.98. The maximum absolute atomic E-state index is 13.4. The van der Waals surface area contributed by atoms with Crippen molar-refractivity contribution in [2.45, 2.75) is 23.3 Å². The summed E-state index contributed by atoms with van der Waals surface area (Å²) in [6, 6.07) is 0. The third-order valence-electron chi connectivity index (χ3n) is 2.35. The quantitative estimate of drug-likeness (QED) is 0.361. The number of halogens is 9. The first kappa shape index (κ1) is 22.3. The molecule has 0 rings (SSSR count). The van der Waals surface area contributed by atoms with Crippen molar-refractivity contribution < 1.29 is 53.6 Å². The molecule has 4 nitrogen and oxygen atoms in total. The van der Waals surface area contributed by atoms with Crippen LogP contribution in [0.25, 0.3) is 0 Å². The van der Waals surface area contributed by atoms with E-state index in [2.05, 4.69) is 10.6 Å². The number of hydrogen-bond donors (Lipinski definition) is 2. The molecule has 0 aliphatic carbocycles. The smallest absolute Gasteiger partial charge is 0.394 e. The summed E-state index contributed by atoms with van der Waals surface area (Å²) >= 11 is 0. The molecule has 0 aromatic heterocycles. The Bertz CT molecular complexity index is 489. The zero-order chi connectivity index (χ0) is 18.7. The monoisotopic (exact) mass is 385 g/mol. The molecule has 0 radical (unpaired) electrons. The average molecular weight is 385 g/mol. The van der Waals surface area contributed by atoms with Gasteiger partial charge in [-0.05, 0) is 5.87 Å². The molecule has 14 heteroatoms. The van der Waals surface area contributed by atoms with Gasteiger partial charge in [0.25, 0.3) is 0 Å². The van der Waals surface area contributed by atoms with Crippen molar-refractivity contribution in [3.05, 3.63) is 0 Å². The summed E-state index contributed by atoms with van der Waals surface area (Å²) in [4.78, 5) is 0. The number of rotatable bonds is 9. The van der Waals surface area contributed by atoms with E-state index in [0.29, 0.717) is 0 Å². The summed E-state index contributed by atoms with van der Waals surface area (Å²) in [5.74, 6) is -12.1. The maximum Gasteiger partial charge on any atom is 0.460 e. The Morgan fingerprint density at radius 2 is 1.43 bits per heavy atom. The van der Waals surface area contributed by atoms with E-state index in [-0.39, 0.29) is 6.61 Å². The predicted octanol–water partition coefficient (Wildman–Crippen LogP) is 1.64. The molecule has 0 aromatic carbocycles. The minimum atomic E-state index is -7.14. The molecular weight excluding hydrogens is 373 g/mol. The highest BCUT2D eigenvalue weighted by Gasteiger charge is 2.83. The van der Waals surface area contributed by atoms with Crippen LogP contribution in [0, 0.1) is 0 Å². The third kappa shape index (κ3) is 4.22. The number of hydrogen-bond acceptors (Lipinski definition) is 3. The average Bonchev–Trinajstić information content (AvgIpc) is 2.36. The lowest BCUT2D eigenvalue weighted by atomic mass is 10.1. The van der Waals surface area contributed by atoms with E-state index >= 15 is 0 Å². The van der Waals surface area contributed by atoms with Crippen molar-refractivity contribution in [2.75, 3.05) is 26.4 Å². The van der Waals surface area contributed by atoms with Crippen LogP contribution >= 0.6 is 0 Å². The third-order valence-corrected chi connectivity index (χ3v) is 4.10. The minimum Gasteiger partial charge on any atom is -0.394 e. The van der Waals surface area contributed by atoms with Crippen LogP contribution in [0.15, 0.2) is 0 Å². The summed E-state index contributed by atoms with van der Waals surface area (Å²) in [7, 11) is -5.60. The van der Waals surface area contributed by atoms with Crippen molar-refractivity contribution in [3.8, 4) is 0 Å². The van der Waals surface area contributed by atoms with E-state index in [0.717, 1.165) is 0 Å². The van der Waals surface area contributed by atoms with Crippen molar-refractivity contribution in [1.82, 2.24) is 4.72 Å². The van der Waals surface area contributed by atoms with Crippen molar-refractivity contribution in [1.29, 1.82) is 0 Å². The second kappa shape index (κ2) is 7.03. The van der Waals surface area contributed by atoms with Crippen LogP contribution < -0.4 is 4.72 Å². The van der Waals surface area contributed by atoms with E-state index in [1.165, 1.54) is 4.72 Å². The van der Waals surface area contributed by atoms with Crippen molar-refractivity contribution in [2.24, 2.45) is 0 Å². The molecule has 0 aromatic rings. The fourth-order valence-electron chi connectivity index (χ4n) is 1.10. The largest absolute Gasteiger partial charge is 0.460 e. The standard InChI is InChI=1S/C9H12F9NO3S/c1-23(21,19-2-4-22-5-3-20)9(17,18)7(12,13)6(10,11)8(14,15)16/h20H,1-5H2,(H,19,21). The molecule has 0 amide bonds. The summed E-state index contributed by atoms with van der Waals surface area (Å²) < 4.78 is 131. The van der Waals surface area contributed by atoms with Crippen LogP contribution in [0.5, 0.6) is 0 Å². The van der Waals surface area contributed by atoms with E-state index < -0.39 is 52.7 Å². The Labute approximate surface area is 124 Å². The summed E-state index contributed by atoms with van der Waals surface area (Å²) in [6.07, 6.45) is -7.00. The van der Waals surface area contributed by atoms with Crippen molar-refractivity contribution >= 4 is 15.6 Å². The molecular formula is C9H12F9NO3S. The zero-order valence-electron chi connectivity index (χ0n) is 11.1. The van der Waals surface area contributed by atoms with Gasteiger partial charge in [0.1, 0.15) is 0 Å². The maximum atomic E-state index is 13.4. The predicted molar refractivity (Wildman–Crippen MR) is 62.1 cm³/mol. The topological polar surface area (TPSA) is 58.6 Å². The molecule has 2 N–H and O–H groups in total. The van der Waals surface area contributed by atoms with Crippen LogP contribution in [0.3, 0.4) is 0 Å². The van der Waals surface area contributed by atoms with Gasteiger partial charge in [-0.3, -0.25) is 0 Å². The van der Waals surface area contributed by atoms with Gasteiger partial charge in [-0.25, -0.2) is 8.93 Å². The first-order valence-electron chi connectivity index (χ1n) is 5.56. The molecule has 1 unspecified atom stereocenters. The Morgan fingerprint density at radius 1 is 0.957 bits per heavy atom. The second-order valence-corrected chi connectivity index (χ2v) is 6.22. The fourth-order valence-corrected chi connectivity index (χ4v) is 2.24. The number of nitrogens with one attached hydrogen (secondary N) is 1. The van der Waals surface area contributed by atoms with Crippen LogP contribution in [0.2, 0.25) is 0 Å². The lowest BCUT2D eigenvalue weighted by molar-refractivity contribution is -0.381. The summed E-state index contributed by atoms with van der Waals surface area (Å²) in [5.41, 5.74) is 0. The number of ether oxygens (including phenoxy) is 1. The minimum absolute atomic E-state index is 0.307. The molecule has 140 valence electrons. The van der Waals surface area contributed by atoms with Gasteiger partial charge in [0.05, 0.1) is 29.5 Å². The zero-order valence-corrected chi connectivity index (χ0v) is 11.9. The van der Waals surface area contributed by atoms with E-state index in [1.807, 2.05) is 0 Å². The fraction of sp³-hybridized carbons (Fsp3) is 0.889. The van der Waals surface area contributed by atoms with E-state index in [9.17, 15) is 43.7 Å². The van der Waals surface area contributed by atoms with Crippen LogP contribution in [0.1, 0.15) is 0 Å². The lowest BCUT2D eigenvalue weighted by Gasteiger charge is -2.35. The molecule has 0 aliphatic heterocycles. The van der Waals surface area contributed by atoms with Gasteiger partial charge in [0.15, 0.2) is 0 Å². The molecule has 0 heterocycles. The van der Waals surface area contributed by atoms with Gasteiger partial charge in [-0.2, -0.15) is 39.5 Å². The van der Waals surface area contributed by atoms with Gasteiger partial charge < -0.3 is 9.84 Å². The van der Waals surface area contributed by atoms with Gasteiger partial charge in [0, 0.05) is 6.54 Å². The number of aliphatic hydroxyl groups excluding tert-OH is 1. The Hall–Kier alpha value is -0.730. The normalized spacial score (nSPS) is 17.1. The SMILES string of the molecule is C=S(=O)(NCCOCCO)C(F)(F)C(F)(F)C(F)(F)C(F)(F)F. The van der Waals surface area contributed by atoms with Gasteiger partial charge >= 0.3 is 23.3 Å². The Kier molecular flexibility index (Phi) is 6.80. The summed E-state index contributed by atoms with van der Waals surface area (Å²) in [6.45, 7) is -2.26. The molecule has 0 bridgehead atoms. The van der Waals surface area contributed by atoms with E-state index in [4.69, 9.17) is 5.11 Å². The first-order chi connectivity index (χ1) is 10.1. The molecule has 0 spiro atoms. The Morgan fingerprint density at radius 3 is 1.83 bits per heavy atom. The number of aliphatic hydroxyl groups is 1. The first-order valence-corrected chi connectivity index (χ1v) is 7.29. The van der Waals surface area contributed by atoms with Crippen LogP contribution in [0.4, 0.5) is 39.5 Å². The van der Waals surface area contributed by atoms with Gasteiger partial charge in [-0.1, -0.05) is 0 Å². The highest BCUT2D eigenvalue weighted by molar-refractivity contribution is 7.99. The molecule has 0 saturated carbocycles. The second-order valence-electron chi connectivity index (χ2n) is 4.07. The molecule has 0 saturated heterocycles. The lowest BCUT2D eigenvalue weighted by Crippen LogP contribution is -2.65. The van der Waals surface area contributed by atoms with Crippen LogP contribution in [-0.2, 0) is 14.4 Å². The molecule has 23 heavy (non-hydrogen) atoms. The number of alkyl halides is 9. The van der Waals surface area contributed by atoms with Crippen LogP contribution in [-0.4, -0.2) is 64.8 Å². The highest BCUT2D eigenvalue weighted by Crippen LogP contribution is 2.54. The van der Waals surface area contributed by atoms with Crippen molar-refractivity contribution in [3.63, 3.8) is 0 Å². The van der Waals surface area contributed by atoms with Gasteiger partial charge in [0.2, 0.25) is 0 Å². The molecule has 1 atom stereocenters. The molecule has 0 aliphatic rings. The molecule has 0 fully saturated rings. The van der Waals surface area contributed by atoms with E-state index in [1.54, 1.807) is 0 Å². The highest BCUT2D eigenvalue weighted by atomic mass is 32.2. The van der Waals surface area contributed by atoms with Gasteiger partial charge in [-0.15, -0.1) is 0 Å².